The first kappa shape index (κ1) is 57.4. The number of rotatable bonds is 42. The minimum atomic E-state index is 0.0137. The minimum Gasteiger partial charge on any atom is -0.306 e. The highest BCUT2D eigenvalue weighted by atomic mass is 79.9. The van der Waals surface area contributed by atoms with Crippen molar-refractivity contribution in [2.45, 2.75) is 259 Å². The van der Waals surface area contributed by atoms with Crippen molar-refractivity contribution in [2.24, 2.45) is 11.8 Å². The van der Waals surface area contributed by atoms with Crippen LogP contribution in [0.3, 0.4) is 0 Å². The average molecular weight is 1080 g/mol. The van der Waals surface area contributed by atoms with E-state index in [0.717, 1.165) is 66.2 Å². The standard InChI is InChI=1S/C58H94Br2N2O2S2/c1-5-9-13-17-19-21-25-29-37-47(35-27-23-15-11-7-3)39-31-33-45-61-55(49-41-43-51(59)65-49)53-54(57(61)63)56(50-42-44-52(60)66-50)62(58(53)64)46-34-32-40-48(36-28-24-16-12-8-4)38-30-26-22-20-18-14-10-6-2/h41-44,47-48H,5-40,45-46H2,1-4H3. The fourth-order valence-corrected chi connectivity index (χ4v) is 13.6. The molecule has 0 radical (unpaired) electrons. The molecule has 2 unspecified atom stereocenters. The van der Waals surface area contributed by atoms with Gasteiger partial charge in [-0.05, 0) is 80.8 Å². The average Bonchev–Trinajstić information content (AvgIpc) is 4.08. The van der Waals surface area contributed by atoms with Crippen LogP contribution >= 0.6 is 54.5 Å². The molecule has 2 aliphatic heterocycles. The SMILES string of the molecule is CCCCCCCCCCC(CCCCCCC)CCCCN1C(=O)C2=C(c3ccc(Br)s3)N(CCCCC(CCCCCCC)CCCCCCCCCC)C(=O)C2=C1c1ccc(Br)s1. The highest BCUT2D eigenvalue weighted by Gasteiger charge is 2.49. The Labute approximate surface area is 430 Å². The van der Waals surface area contributed by atoms with E-state index in [0.29, 0.717) is 24.2 Å². The van der Waals surface area contributed by atoms with Crippen molar-refractivity contribution in [3.8, 4) is 0 Å². The third kappa shape index (κ3) is 20.2. The van der Waals surface area contributed by atoms with Gasteiger partial charge in [0.25, 0.3) is 11.8 Å². The molecule has 0 aliphatic carbocycles. The summed E-state index contributed by atoms with van der Waals surface area (Å²) in [5.41, 5.74) is 2.94. The predicted molar refractivity (Wildman–Crippen MR) is 297 cm³/mol. The van der Waals surface area contributed by atoms with E-state index in [9.17, 15) is 9.59 Å². The molecule has 4 rings (SSSR count). The normalized spacial score (nSPS) is 15.1. The third-order valence-electron chi connectivity index (χ3n) is 14.6. The van der Waals surface area contributed by atoms with Gasteiger partial charge in [-0.15, -0.1) is 22.7 Å². The van der Waals surface area contributed by atoms with Crippen molar-refractivity contribution in [2.75, 3.05) is 13.1 Å². The Hall–Kier alpha value is -1.22. The Balaban J connectivity index is 1.43. The molecule has 374 valence electrons. The van der Waals surface area contributed by atoms with Crippen LogP contribution < -0.4 is 0 Å². The van der Waals surface area contributed by atoms with E-state index >= 15 is 0 Å². The third-order valence-corrected chi connectivity index (χ3v) is 17.9. The molecule has 0 saturated heterocycles. The number of nitrogens with zero attached hydrogens (tertiary/aromatic N) is 2. The number of hydrogen-bond donors (Lipinski definition) is 0. The van der Waals surface area contributed by atoms with Crippen molar-refractivity contribution in [1.82, 2.24) is 9.80 Å². The van der Waals surface area contributed by atoms with Crippen molar-refractivity contribution < 1.29 is 9.59 Å². The Morgan fingerprint density at radius 2 is 0.636 bits per heavy atom. The van der Waals surface area contributed by atoms with Gasteiger partial charge in [0.2, 0.25) is 0 Å². The maximum Gasteiger partial charge on any atom is 0.261 e. The number of hydrogen-bond acceptors (Lipinski definition) is 4. The van der Waals surface area contributed by atoms with Gasteiger partial charge in [0, 0.05) is 13.1 Å². The zero-order valence-electron chi connectivity index (χ0n) is 42.6. The molecule has 2 aromatic rings. The van der Waals surface area contributed by atoms with E-state index in [1.54, 1.807) is 22.7 Å². The summed E-state index contributed by atoms with van der Waals surface area (Å²) in [5.74, 6) is 1.58. The van der Waals surface area contributed by atoms with Crippen LogP contribution in [0.2, 0.25) is 0 Å². The summed E-state index contributed by atoms with van der Waals surface area (Å²) in [4.78, 5) is 35.9. The van der Waals surface area contributed by atoms with Gasteiger partial charge in [-0.1, -0.05) is 246 Å². The minimum absolute atomic E-state index is 0.0137. The molecule has 4 nitrogen and oxygen atoms in total. The van der Waals surface area contributed by atoms with Gasteiger partial charge in [0.05, 0.1) is 39.9 Å². The van der Waals surface area contributed by atoms with E-state index in [4.69, 9.17) is 0 Å². The molecular formula is C58H94Br2N2O2S2. The number of carbonyl (C=O) groups is 2. The number of unbranched alkanes of at least 4 members (excludes halogenated alkanes) is 24. The lowest BCUT2D eigenvalue weighted by atomic mass is 9.90. The monoisotopic (exact) mass is 1070 g/mol. The van der Waals surface area contributed by atoms with E-state index < -0.39 is 0 Å². The van der Waals surface area contributed by atoms with Crippen molar-refractivity contribution in [1.29, 1.82) is 0 Å². The lowest BCUT2D eigenvalue weighted by Gasteiger charge is -2.25. The molecule has 8 heteroatoms. The fraction of sp³-hybridized carbons (Fsp3) is 0.759. The maximum atomic E-state index is 14.9. The van der Waals surface area contributed by atoms with Crippen molar-refractivity contribution in [3.05, 3.63) is 52.7 Å². The van der Waals surface area contributed by atoms with Gasteiger partial charge in [-0.25, -0.2) is 0 Å². The fourth-order valence-electron chi connectivity index (χ4n) is 10.7. The molecule has 0 N–H and O–H groups in total. The van der Waals surface area contributed by atoms with Crippen LogP contribution in [-0.4, -0.2) is 34.7 Å². The number of thiophene rings is 2. The molecule has 2 amide bonds. The van der Waals surface area contributed by atoms with E-state index in [2.05, 4.69) is 83.8 Å². The first-order valence-corrected chi connectivity index (χ1v) is 31.2. The van der Waals surface area contributed by atoms with Crippen LogP contribution in [0.5, 0.6) is 0 Å². The topological polar surface area (TPSA) is 40.6 Å². The largest absolute Gasteiger partial charge is 0.306 e. The summed E-state index contributed by atoms with van der Waals surface area (Å²) in [6.07, 6.45) is 47.5. The summed E-state index contributed by atoms with van der Waals surface area (Å²) in [6, 6.07) is 8.34. The molecule has 2 aliphatic rings. The first-order valence-electron chi connectivity index (χ1n) is 28.0. The Bertz CT molecular complexity index is 1570. The summed E-state index contributed by atoms with van der Waals surface area (Å²) >= 11 is 10.7. The summed E-state index contributed by atoms with van der Waals surface area (Å²) in [6.45, 7) is 10.5. The zero-order valence-corrected chi connectivity index (χ0v) is 47.4. The Morgan fingerprint density at radius 1 is 0.379 bits per heavy atom. The van der Waals surface area contributed by atoms with Gasteiger partial charge >= 0.3 is 0 Å². The van der Waals surface area contributed by atoms with Crippen molar-refractivity contribution >= 4 is 77.7 Å². The van der Waals surface area contributed by atoms with Gasteiger partial charge in [-0.3, -0.25) is 9.59 Å². The quantitative estimate of drug-likeness (QED) is 0.0622. The van der Waals surface area contributed by atoms with Gasteiger partial charge in [-0.2, -0.15) is 0 Å². The number of amides is 2. The molecular weight excluding hydrogens is 981 g/mol. The summed E-state index contributed by atoms with van der Waals surface area (Å²) in [5, 5.41) is 0. The molecule has 2 aromatic heterocycles. The van der Waals surface area contributed by atoms with Crippen LogP contribution in [0, 0.1) is 11.8 Å². The lowest BCUT2D eigenvalue weighted by molar-refractivity contribution is -0.124. The smallest absolute Gasteiger partial charge is 0.261 e. The van der Waals surface area contributed by atoms with Gasteiger partial charge in [0.1, 0.15) is 0 Å². The van der Waals surface area contributed by atoms with Crippen LogP contribution in [0.15, 0.2) is 43.0 Å². The highest BCUT2D eigenvalue weighted by molar-refractivity contribution is 9.11. The van der Waals surface area contributed by atoms with Crippen LogP contribution in [0.4, 0.5) is 0 Å². The van der Waals surface area contributed by atoms with Crippen molar-refractivity contribution in [3.63, 3.8) is 0 Å². The molecule has 2 atom stereocenters. The van der Waals surface area contributed by atoms with Gasteiger partial charge in [0.15, 0.2) is 0 Å². The molecule has 0 aromatic carbocycles. The first-order chi connectivity index (χ1) is 32.3. The lowest BCUT2D eigenvalue weighted by Crippen LogP contribution is -2.30. The number of carbonyl (C=O) groups excluding carboxylic acids is 2. The van der Waals surface area contributed by atoms with Crippen LogP contribution in [-0.2, 0) is 9.59 Å². The molecule has 0 spiro atoms. The number of halogens is 2. The molecule has 0 fully saturated rings. The molecule has 0 saturated carbocycles. The maximum absolute atomic E-state index is 14.9. The zero-order chi connectivity index (χ0) is 47.2. The van der Waals surface area contributed by atoms with Crippen LogP contribution in [0.25, 0.3) is 11.4 Å². The molecule has 66 heavy (non-hydrogen) atoms. The van der Waals surface area contributed by atoms with E-state index in [-0.39, 0.29) is 11.8 Å². The van der Waals surface area contributed by atoms with E-state index in [1.165, 1.54) is 205 Å². The Morgan fingerprint density at radius 3 is 0.894 bits per heavy atom. The Kier molecular flexibility index (Phi) is 30.4. The highest BCUT2D eigenvalue weighted by Crippen LogP contribution is 2.49. The van der Waals surface area contributed by atoms with Gasteiger partial charge < -0.3 is 9.80 Å². The van der Waals surface area contributed by atoms with Crippen LogP contribution in [0.1, 0.15) is 269 Å². The summed E-state index contributed by atoms with van der Waals surface area (Å²) in [7, 11) is 0. The number of fused-ring (bicyclic) bond motifs is 1. The molecule has 0 bridgehead atoms. The predicted octanol–water partition coefficient (Wildman–Crippen LogP) is 20.5. The van der Waals surface area contributed by atoms with E-state index in [1.807, 2.05) is 9.80 Å². The second-order valence-corrected chi connectivity index (χ2v) is 25.2. The second kappa shape index (κ2) is 35.0. The second-order valence-electron chi connectivity index (χ2n) is 20.2. The molecule has 4 heterocycles. The summed E-state index contributed by atoms with van der Waals surface area (Å²) < 4.78 is 2.05.